The molecule has 0 amide bonds. The van der Waals surface area contributed by atoms with E-state index < -0.39 is 0 Å². The third-order valence-corrected chi connectivity index (χ3v) is 3.21. The summed E-state index contributed by atoms with van der Waals surface area (Å²) in [5, 5.41) is 0. The summed E-state index contributed by atoms with van der Waals surface area (Å²) in [5.74, 6) is 0.698. The molecule has 1 rings (SSSR count). The van der Waals surface area contributed by atoms with Crippen molar-refractivity contribution in [3.8, 4) is 0 Å². The highest BCUT2D eigenvalue weighted by molar-refractivity contribution is 6.18. The average molecular weight is 250 g/mol. The van der Waals surface area contributed by atoms with Crippen molar-refractivity contribution < 1.29 is 9.47 Å². The number of hydrogen-bond acceptors (Lipinski definition) is 3. The molecule has 0 aromatic heterocycles. The fraction of sp³-hybridized carbons (Fsp3) is 1.00. The summed E-state index contributed by atoms with van der Waals surface area (Å²) in [6, 6.07) is 0. The molecule has 1 aliphatic rings. The first-order valence-electron chi connectivity index (χ1n) is 6.25. The Morgan fingerprint density at radius 1 is 1.38 bits per heavy atom. The normalized spacial score (nSPS) is 20.8. The minimum absolute atomic E-state index is 0.514. The smallest absolute Gasteiger partial charge is 0.0589 e. The Morgan fingerprint density at radius 2 is 2.25 bits per heavy atom. The van der Waals surface area contributed by atoms with Crippen LogP contribution in [0.2, 0.25) is 0 Å². The van der Waals surface area contributed by atoms with Crippen molar-refractivity contribution in [1.82, 2.24) is 4.90 Å². The predicted octanol–water partition coefficient (Wildman–Crippen LogP) is 2.13. The van der Waals surface area contributed by atoms with Crippen LogP contribution < -0.4 is 0 Å². The maximum Gasteiger partial charge on any atom is 0.0589 e. The first-order valence-corrected chi connectivity index (χ1v) is 6.79. The van der Waals surface area contributed by atoms with Crippen LogP contribution in [0, 0.1) is 0 Å². The summed E-state index contributed by atoms with van der Waals surface area (Å²) < 4.78 is 10.7. The molecule has 0 N–H and O–H groups in total. The van der Waals surface area contributed by atoms with Crippen molar-refractivity contribution >= 4 is 11.6 Å². The summed E-state index contributed by atoms with van der Waals surface area (Å²) in [6.07, 6.45) is 5.38. The number of hydrogen-bond donors (Lipinski definition) is 0. The van der Waals surface area contributed by atoms with Crippen LogP contribution in [0.5, 0.6) is 0 Å². The highest BCUT2D eigenvalue weighted by Gasteiger charge is 2.15. The molecule has 0 aromatic carbocycles. The van der Waals surface area contributed by atoms with Crippen LogP contribution >= 0.6 is 11.6 Å². The molecule has 4 heteroatoms. The molecule has 1 atom stereocenters. The summed E-state index contributed by atoms with van der Waals surface area (Å²) in [7, 11) is 1.74. The number of nitrogens with zero attached hydrogens (tertiary/aromatic N) is 1. The van der Waals surface area contributed by atoms with Gasteiger partial charge in [-0.15, -0.1) is 11.6 Å². The molecule has 0 saturated carbocycles. The quantitative estimate of drug-likeness (QED) is 0.585. The van der Waals surface area contributed by atoms with Crippen LogP contribution in [0.1, 0.15) is 25.7 Å². The maximum atomic E-state index is 5.77. The topological polar surface area (TPSA) is 21.7 Å². The SMILES string of the molecule is COCCN(CCCl)CCCC1CCCO1. The molecule has 1 heterocycles. The molecule has 16 heavy (non-hydrogen) atoms. The molecule has 1 fully saturated rings. The Balaban J connectivity index is 2.05. The second-order valence-electron chi connectivity index (χ2n) is 4.30. The Hall–Kier alpha value is 0.170. The molecule has 0 radical (unpaired) electrons. The molecule has 0 spiro atoms. The zero-order valence-corrected chi connectivity index (χ0v) is 11.0. The first kappa shape index (κ1) is 14.2. The van der Waals surface area contributed by atoms with E-state index in [1.165, 1.54) is 25.7 Å². The lowest BCUT2D eigenvalue weighted by molar-refractivity contribution is 0.0964. The van der Waals surface area contributed by atoms with Crippen LogP contribution in [0.25, 0.3) is 0 Å². The van der Waals surface area contributed by atoms with Gasteiger partial charge in [-0.1, -0.05) is 0 Å². The Labute approximate surface area is 104 Å². The van der Waals surface area contributed by atoms with Crippen molar-refractivity contribution in [3.05, 3.63) is 0 Å². The second-order valence-corrected chi connectivity index (χ2v) is 4.68. The van der Waals surface area contributed by atoms with Gasteiger partial charge < -0.3 is 9.47 Å². The summed E-state index contributed by atoms with van der Waals surface area (Å²) >= 11 is 5.77. The van der Waals surface area contributed by atoms with Gasteiger partial charge in [-0.3, -0.25) is 4.90 Å². The van der Waals surface area contributed by atoms with Gasteiger partial charge in [-0.25, -0.2) is 0 Å². The van der Waals surface area contributed by atoms with Gasteiger partial charge in [0.05, 0.1) is 12.7 Å². The molecular weight excluding hydrogens is 226 g/mol. The highest BCUT2D eigenvalue weighted by Crippen LogP contribution is 2.16. The lowest BCUT2D eigenvalue weighted by atomic mass is 10.1. The van der Waals surface area contributed by atoms with Crippen molar-refractivity contribution in [2.45, 2.75) is 31.8 Å². The Bertz CT molecular complexity index is 163. The fourth-order valence-corrected chi connectivity index (χ4v) is 2.33. The zero-order valence-electron chi connectivity index (χ0n) is 10.3. The number of alkyl halides is 1. The van der Waals surface area contributed by atoms with Gasteiger partial charge in [0.2, 0.25) is 0 Å². The monoisotopic (exact) mass is 249 g/mol. The Morgan fingerprint density at radius 3 is 2.88 bits per heavy atom. The lowest BCUT2D eigenvalue weighted by Crippen LogP contribution is -2.30. The molecule has 3 nitrogen and oxygen atoms in total. The van der Waals surface area contributed by atoms with Gasteiger partial charge in [-0.05, 0) is 32.2 Å². The van der Waals surface area contributed by atoms with E-state index in [1.54, 1.807) is 7.11 Å². The van der Waals surface area contributed by atoms with Crippen molar-refractivity contribution in [3.63, 3.8) is 0 Å². The molecular formula is C12H24ClNO2. The second kappa shape index (κ2) is 9.23. The molecule has 0 aromatic rings. The third-order valence-electron chi connectivity index (χ3n) is 3.04. The van der Waals surface area contributed by atoms with Crippen LogP contribution in [-0.4, -0.2) is 56.8 Å². The van der Waals surface area contributed by atoms with Gasteiger partial charge in [0, 0.05) is 32.7 Å². The average Bonchev–Trinajstić information content (AvgIpc) is 2.79. The summed E-state index contributed by atoms with van der Waals surface area (Å²) in [6.45, 7) is 4.79. The number of rotatable bonds is 9. The van der Waals surface area contributed by atoms with Crippen LogP contribution in [0.15, 0.2) is 0 Å². The number of methoxy groups -OCH3 is 1. The van der Waals surface area contributed by atoms with Gasteiger partial charge >= 0.3 is 0 Å². The lowest BCUT2D eigenvalue weighted by Gasteiger charge is -2.21. The van der Waals surface area contributed by atoms with Crippen molar-refractivity contribution in [2.24, 2.45) is 0 Å². The van der Waals surface area contributed by atoms with Crippen molar-refractivity contribution in [1.29, 1.82) is 0 Å². The number of ether oxygens (including phenoxy) is 2. The van der Waals surface area contributed by atoms with Crippen molar-refractivity contribution in [2.75, 3.05) is 45.8 Å². The third kappa shape index (κ3) is 6.04. The molecule has 96 valence electrons. The minimum Gasteiger partial charge on any atom is -0.383 e. The highest BCUT2D eigenvalue weighted by atomic mass is 35.5. The number of halogens is 1. The standard InChI is InChI=1S/C12H24ClNO2/c1-15-11-9-14(8-6-13)7-2-4-12-5-3-10-16-12/h12H,2-11H2,1H3. The van der Waals surface area contributed by atoms with E-state index in [0.29, 0.717) is 12.0 Å². The van der Waals surface area contributed by atoms with E-state index in [2.05, 4.69) is 4.90 Å². The zero-order chi connectivity index (χ0) is 11.6. The molecule has 1 aliphatic heterocycles. The molecule has 1 unspecified atom stereocenters. The van der Waals surface area contributed by atoms with Gasteiger partial charge in [0.15, 0.2) is 0 Å². The van der Waals surface area contributed by atoms with E-state index in [0.717, 1.165) is 32.8 Å². The maximum absolute atomic E-state index is 5.77. The van der Waals surface area contributed by atoms with Crippen LogP contribution in [0.3, 0.4) is 0 Å². The first-order chi connectivity index (χ1) is 7.86. The Kier molecular flexibility index (Phi) is 8.21. The van der Waals surface area contributed by atoms with Gasteiger partial charge in [-0.2, -0.15) is 0 Å². The van der Waals surface area contributed by atoms with E-state index in [4.69, 9.17) is 21.1 Å². The van der Waals surface area contributed by atoms with Gasteiger partial charge in [0.1, 0.15) is 0 Å². The molecule has 1 saturated heterocycles. The van der Waals surface area contributed by atoms with E-state index in [-0.39, 0.29) is 0 Å². The molecule has 0 aliphatic carbocycles. The fourth-order valence-electron chi connectivity index (χ4n) is 2.09. The van der Waals surface area contributed by atoms with Gasteiger partial charge in [0.25, 0.3) is 0 Å². The largest absolute Gasteiger partial charge is 0.383 e. The minimum atomic E-state index is 0.514. The summed E-state index contributed by atoms with van der Waals surface area (Å²) in [5.41, 5.74) is 0. The van der Waals surface area contributed by atoms with Crippen LogP contribution in [0.4, 0.5) is 0 Å². The summed E-state index contributed by atoms with van der Waals surface area (Å²) in [4.78, 5) is 2.37. The van der Waals surface area contributed by atoms with E-state index >= 15 is 0 Å². The van der Waals surface area contributed by atoms with E-state index in [9.17, 15) is 0 Å². The van der Waals surface area contributed by atoms with E-state index in [1.807, 2.05) is 0 Å². The molecule has 0 bridgehead atoms. The van der Waals surface area contributed by atoms with Crippen LogP contribution in [-0.2, 0) is 9.47 Å². The predicted molar refractivity (Wildman–Crippen MR) is 67.2 cm³/mol.